The number of carbonyl (C=O) groups is 3. The predicted octanol–water partition coefficient (Wildman–Crippen LogP) is -0.148. The summed E-state index contributed by atoms with van der Waals surface area (Å²) in [5, 5.41) is 11.5. The third kappa shape index (κ3) is 4.98. The van der Waals surface area contributed by atoms with Gasteiger partial charge in [-0.15, -0.1) is 0 Å². The number of nitrogens with two attached hydrogens (primary N) is 1. The topological polar surface area (TPSA) is 113 Å². The Kier molecular flexibility index (Phi) is 5.94. The van der Waals surface area contributed by atoms with Crippen LogP contribution >= 0.6 is 11.8 Å². The minimum Gasteiger partial charge on any atom is -0.480 e. The molecule has 1 rings (SSSR count). The molecule has 0 radical (unpaired) electrons. The highest BCUT2D eigenvalue weighted by molar-refractivity contribution is 7.99. The van der Waals surface area contributed by atoms with E-state index in [-0.39, 0.29) is 18.9 Å². The van der Waals surface area contributed by atoms with Crippen molar-refractivity contribution in [2.24, 2.45) is 5.73 Å². The fraction of sp³-hybridized carbons (Fsp3) is 0.727. The fourth-order valence-electron chi connectivity index (χ4n) is 1.80. The molecule has 0 aromatic heterocycles. The number of thioether (sulfide) groups is 1. The van der Waals surface area contributed by atoms with Gasteiger partial charge in [-0.05, 0) is 13.3 Å². The number of aliphatic carboxylic acids is 1. The maximum atomic E-state index is 12.0. The molecule has 108 valence electrons. The Hall–Kier alpha value is -1.44. The second kappa shape index (κ2) is 7.22. The van der Waals surface area contributed by atoms with E-state index in [4.69, 9.17) is 10.8 Å². The monoisotopic (exact) mass is 289 g/mol. The third-order valence-electron chi connectivity index (χ3n) is 2.90. The van der Waals surface area contributed by atoms with Crippen molar-refractivity contribution in [1.82, 2.24) is 10.2 Å². The van der Waals surface area contributed by atoms with Crippen molar-refractivity contribution in [2.45, 2.75) is 31.8 Å². The van der Waals surface area contributed by atoms with Gasteiger partial charge >= 0.3 is 12.0 Å². The Morgan fingerprint density at radius 3 is 2.74 bits per heavy atom. The van der Waals surface area contributed by atoms with Gasteiger partial charge in [0.15, 0.2) is 0 Å². The van der Waals surface area contributed by atoms with Crippen LogP contribution in [0.1, 0.15) is 19.8 Å². The molecule has 1 fully saturated rings. The van der Waals surface area contributed by atoms with Gasteiger partial charge in [-0.25, -0.2) is 9.59 Å². The molecule has 19 heavy (non-hydrogen) atoms. The van der Waals surface area contributed by atoms with Crippen molar-refractivity contribution in [3.63, 3.8) is 0 Å². The van der Waals surface area contributed by atoms with E-state index in [0.717, 1.165) is 11.5 Å². The highest BCUT2D eigenvalue weighted by Gasteiger charge is 2.27. The van der Waals surface area contributed by atoms with Gasteiger partial charge in [0.2, 0.25) is 5.91 Å². The summed E-state index contributed by atoms with van der Waals surface area (Å²) in [7, 11) is 0. The molecular weight excluding hydrogens is 270 g/mol. The molecule has 4 N–H and O–H groups in total. The summed E-state index contributed by atoms with van der Waals surface area (Å²) in [6, 6.07) is -1.41. The van der Waals surface area contributed by atoms with E-state index in [0.29, 0.717) is 6.54 Å². The van der Waals surface area contributed by atoms with E-state index in [9.17, 15) is 14.4 Å². The van der Waals surface area contributed by atoms with Gasteiger partial charge in [0.25, 0.3) is 0 Å². The summed E-state index contributed by atoms with van der Waals surface area (Å²) in [6.45, 7) is 2.52. The van der Waals surface area contributed by atoms with E-state index in [1.807, 2.05) is 6.92 Å². The molecule has 1 heterocycles. The van der Waals surface area contributed by atoms with Crippen molar-refractivity contribution in [3.8, 4) is 0 Å². The van der Waals surface area contributed by atoms with E-state index in [1.165, 1.54) is 0 Å². The van der Waals surface area contributed by atoms with Crippen molar-refractivity contribution >= 4 is 29.7 Å². The Balaban J connectivity index is 2.55. The van der Waals surface area contributed by atoms with Crippen LogP contribution in [0, 0.1) is 0 Å². The predicted molar refractivity (Wildman–Crippen MR) is 71.9 cm³/mol. The molecule has 8 heteroatoms. The van der Waals surface area contributed by atoms with Crippen LogP contribution in [0.3, 0.4) is 0 Å². The number of primary amides is 1. The highest BCUT2D eigenvalue weighted by atomic mass is 32.2. The molecule has 0 aromatic rings. The molecule has 0 bridgehead atoms. The largest absolute Gasteiger partial charge is 0.480 e. The minimum atomic E-state index is -1.16. The van der Waals surface area contributed by atoms with E-state index in [1.54, 1.807) is 16.7 Å². The Morgan fingerprint density at radius 2 is 2.21 bits per heavy atom. The molecule has 1 aliphatic rings. The van der Waals surface area contributed by atoms with Crippen LogP contribution in [0.5, 0.6) is 0 Å². The number of rotatable bonds is 5. The lowest BCUT2D eigenvalue weighted by Crippen LogP contribution is -2.53. The lowest BCUT2D eigenvalue weighted by Gasteiger charge is -2.33. The smallest absolute Gasteiger partial charge is 0.326 e. The first-order valence-electron chi connectivity index (χ1n) is 6.07. The van der Waals surface area contributed by atoms with E-state index in [2.05, 4.69) is 5.32 Å². The van der Waals surface area contributed by atoms with Crippen LogP contribution in [-0.2, 0) is 9.59 Å². The first-order chi connectivity index (χ1) is 8.91. The Morgan fingerprint density at radius 1 is 1.53 bits per heavy atom. The lowest BCUT2D eigenvalue weighted by molar-refractivity contribution is -0.139. The molecule has 2 atom stereocenters. The van der Waals surface area contributed by atoms with Crippen LogP contribution in [0.4, 0.5) is 4.79 Å². The van der Waals surface area contributed by atoms with Gasteiger partial charge in [-0.2, -0.15) is 11.8 Å². The van der Waals surface area contributed by atoms with Crippen LogP contribution in [0.15, 0.2) is 0 Å². The Labute approximate surface area is 115 Å². The quantitative estimate of drug-likeness (QED) is 0.651. The SMILES string of the molecule is CC1CSCCN1C(=O)N[C@H](CCC(N)=O)C(=O)O. The second-order valence-electron chi connectivity index (χ2n) is 4.46. The molecule has 0 saturated carbocycles. The first kappa shape index (κ1) is 15.6. The number of amides is 3. The molecule has 1 saturated heterocycles. The van der Waals surface area contributed by atoms with Crippen molar-refractivity contribution in [2.75, 3.05) is 18.1 Å². The van der Waals surface area contributed by atoms with E-state index >= 15 is 0 Å². The second-order valence-corrected chi connectivity index (χ2v) is 5.61. The van der Waals surface area contributed by atoms with Gasteiger partial charge in [0, 0.05) is 30.5 Å². The van der Waals surface area contributed by atoms with Gasteiger partial charge < -0.3 is 21.1 Å². The molecule has 1 unspecified atom stereocenters. The number of hydrogen-bond donors (Lipinski definition) is 3. The number of carboxylic acid groups (broad SMARTS) is 1. The number of hydrogen-bond acceptors (Lipinski definition) is 4. The number of nitrogens with zero attached hydrogens (tertiary/aromatic N) is 1. The molecule has 3 amide bonds. The Bertz CT molecular complexity index is 364. The third-order valence-corrected chi connectivity index (χ3v) is 4.09. The number of carbonyl (C=O) groups excluding carboxylic acids is 2. The van der Waals surface area contributed by atoms with Gasteiger partial charge in [-0.1, -0.05) is 0 Å². The summed E-state index contributed by atoms with van der Waals surface area (Å²) in [5.41, 5.74) is 4.98. The summed E-state index contributed by atoms with van der Waals surface area (Å²) in [5.74, 6) is -0.0552. The van der Waals surface area contributed by atoms with Crippen molar-refractivity contribution in [1.29, 1.82) is 0 Å². The van der Waals surface area contributed by atoms with Crippen molar-refractivity contribution in [3.05, 3.63) is 0 Å². The summed E-state index contributed by atoms with van der Waals surface area (Å²) >= 11 is 1.76. The molecule has 1 aliphatic heterocycles. The number of carboxylic acids is 1. The zero-order valence-corrected chi connectivity index (χ0v) is 11.6. The summed E-state index contributed by atoms with van der Waals surface area (Å²) in [6.07, 6.45) is -0.0595. The average Bonchev–Trinajstić information content (AvgIpc) is 2.34. The molecular formula is C11H19N3O4S. The molecule has 0 spiro atoms. The van der Waals surface area contributed by atoms with Crippen LogP contribution < -0.4 is 11.1 Å². The van der Waals surface area contributed by atoms with E-state index < -0.39 is 23.9 Å². The lowest BCUT2D eigenvalue weighted by atomic mass is 10.1. The van der Waals surface area contributed by atoms with Crippen LogP contribution in [0.25, 0.3) is 0 Å². The summed E-state index contributed by atoms with van der Waals surface area (Å²) in [4.78, 5) is 35.3. The molecule has 0 aliphatic carbocycles. The van der Waals surface area contributed by atoms with Gasteiger partial charge in [0.1, 0.15) is 6.04 Å². The maximum Gasteiger partial charge on any atom is 0.326 e. The standard InChI is InChI=1S/C11H19N3O4S/c1-7-6-19-5-4-14(7)11(18)13-8(10(16)17)2-3-9(12)15/h7-8H,2-6H2,1H3,(H2,12,15)(H,13,18)(H,16,17)/t7?,8-/m1/s1. The average molecular weight is 289 g/mol. The van der Waals surface area contributed by atoms with Gasteiger partial charge in [0.05, 0.1) is 0 Å². The fourth-order valence-corrected chi connectivity index (χ4v) is 2.82. The number of urea groups is 1. The molecule has 7 nitrogen and oxygen atoms in total. The molecule has 0 aromatic carbocycles. The number of nitrogens with one attached hydrogen (secondary N) is 1. The summed E-state index contributed by atoms with van der Waals surface area (Å²) < 4.78 is 0. The van der Waals surface area contributed by atoms with Crippen LogP contribution in [0.2, 0.25) is 0 Å². The van der Waals surface area contributed by atoms with Crippen molar-refractivity contribution < 1.29 is 19.5 Å². The zero-order valence-electron chi connectivity index (χ0n) is 10.8. The normalized spacial score (nSPS) is 20.7. The van der Waals surface area contributed by atoms with Crippen LogP contribution in [-0.4, -0.2) is 58.0 Å². The zero-order chi connectivity index (χ0) is 14.4. The van der Waals surface area contributed by atoms with Gasteiger partial charge in [-0.3, -0.25) is 4.79 Å². The minimum absolute atomic E-state index is 0.00732. The maximum absolute atomic E-state index is 12.0. The highest BCUT2D eigenvalue weighted by Crippen LogP contribution is 2.16. The first-order valence-corrected chi connectivity index (χ1v) is 7.23.